The zero-order chi connectivity index (χ0) is 11.0. The molecule has 0 aliphatic carbocycles. The van der Waals surface area contributed by atoms with Crippen LogP contribution in [0.4, 0.5) is 0 Å². The number of nitrogens with one attached hydrogen (secondary N) is 1. The van der Waals surface area contributed by atoms with Crippen LogP contribution >= 0.6 is 11.6 Å². The summed E-state index contributed by atoms with van der Waals surface area (Å²) in [5.41, 5.74) is -0.460. The Morgan fingerprint density at radius 1 is 1.40 bits per heavy atom. The van der Waals surface area contributed by atoms with Crippen molar-refractivity contribution in [2.45, 2.75) is 0 Å². The van der Waals surface area contributed by atoms with E-state index < -0.39 is 11.4 Å². The van der Waals surface area contributed by atoms with Gasteiger partial charge in [-0.1, -0.05) is 11.6 Å². The Kier molecular flexibility index (Phi) is 2.24. The minimum Gasteiger partial charge on any atom is -0.494 e. The van der Waals surface area contributed by atoms with Crippen LogP contribution in [-0.2, 0) is 0 Å². The number of hydrogen-bond donors (Lipinski definition) is 1. The fourth-order valence-electron chi connectivity index (χ4n) is 1.30. The van der Waals surface area contributed by atoms with Gasteiger partial charge in [-0.15, -0.1) is 0 Å². The third kappa shape index (κ3) is 1.61. The quantitative estimate of drug-likeness (QED) is 0.793. The van der Waals surface area contributed by atoms with Gasteiger partial charge >= 0.3 is 11.4 Å². The monoisotopic (exact) mass is 227 g/mol. The van der Waals surface area contributed by atoms with Crippen molar-refractivity contribution in [3.05, 3.63) is 38.1 Å². The Morgan fingerprint density at radius 2 is 2.13 bits per heavy atom. The molecule has 6 heteroatoms. The molecule has 0 amide bonds. The summed E-state index contributed by atoms with van der Waals surface area (Å²) in [6, 6.07) is 2.90. The van der Waals surface area contributed by atoms with Crippen LogP contribution in [0.1, 0.15) is 0 Å². The number of benzene rings is 1. The lowest BCUT2D eigenvalue weighted by atomic mass is 10.2. The zero-order valence-electron chi connectivity index (χ0n) is 7.67. The van der Waals surface area contributed by atoms with Gasteiger partial charge in [0.2, 0.25) is 0 Å². The first kappa shape index (κ1) is 9.79. The van der Waals surface area contributed by atoms with Gasteiger partial charge < -0.3 is 9.15 Å². The molecule has 2 rings (SSSR count). The van der Waals surface area contributed by atoms with Crippen molar-refractivity contribution in [3.8, 4) is 5.75 Å². The maximum absolute atomic E-state index is 11.3. The summed E-state index contributed by atoms with van der Waals surface area (Å²) in [6.07, 6.45) is 0. The van der Waals surface area contributed by atoms with Crippen molar-refractivity contribution < 1.29 is 9.15 Å². The van der Waals surface area contributed by atoms with Gasteiger partial charge in [0, 0.05) is 11.1 Å². The molecule has 2 aromatic rings. The summed E-state index contributed by atoms with van der Waals surface area (Å²) in [5, 5.41) is 0.512. The first-order valence-electron chi connectivity index (χ1n) is 4.02. The number of H-pyrrole nitrogens is 1. The molecule has 0 unspecified atom stereocenters. The smallest absolute Gasteiger partial charge is 0.419 e. The Balaban J connectivity index is 3.03. The summed E-state index contributed by atoms with van der Waals surface area (Å²) in [7, 11) is 1.41. The van der Waals surface area contributed by atoms with E-state index in [9.17, 15) is 9.59 Å². The van der Waals surface area contributed by atoms with E-state index >= 15 is 0 Å². The topological polar surface area (TPSA) is 72.3 Å². The molecule has 0 aliphatic heterocycles. The molecule has 0 aliphatic rings. The van der Waals surface area contributed by atoms with E-state index in [1.165, 1.54) is 19.2 Å². The third-order valence-corrected chi connectivity index (χ3v) is 2.14. The highest BCUT2D eigenvalue weighted by Gasteiger charge is 2.09. The second-order valence-electron chi connectivity index (χ2n) is 2.83. The minimum atomic E-state index is -0.826. The zero-order valence-corrected chi connectivity index (χ0v) is 8.42. The molecule has 0 spiro atoms. The van der Waals surface area contributed by atoms with Gasteiger partial charge in [-0.05, 0) is 6.07 Å². The van der Waals surface area contributed by atoms with Crippen LogP contribution in [0.2, 0.25) is 5.02 Å². The molecule has 0 bridgehead atoms. The first-order chi connectivity index (χ1) is 7.11. The highest BCUT2D eigenvalue weighted by atomic mass is 35.5. The van der Waals surface area contributed by atoms with Gasteiger partial charge in [0.15, 0.2) is 0 Å². The van der Waals surface area contributed by atoms with Gasteiger partial charge in [-0.25, -0.2) is 9.59 Å². The van der Waals surface area contributed by atoms with Gasteiger partial charge in [0.25, 0.3) is 0 Å². The fraction of sp³-hybridized carbons (Fsp3) is 0.111. The van der Waals surface area contributed by atoms with E-state index in [0.29, 0.717) is 10.8 Å². The molecule has 78 valence electrons. The van der Waals surface area contributed by atoms with Crippen molar-refractivity contribution >= 4 is 22.5 Å². The van der Waals surface area contributed by atoms with Crippen LogP contribution < -0.4 is 16.1 Å². The Morgan fingerprint density at radius 3 is 2.80 bits per heavy atom. The lowest BCUT2D eigenvalue weighted by molar-refractivity contribution is 0.415. The normalized spacial score (nSPS) is 10.5. The summed E-state index contributed by atoms with van der Waals surface area (Å²) in [6.45, 7) is 0. The van der Waals surface area contributed by atoms with Gasteiger partial charge in [-0.3, -0.25) is 4.98 Å². The minimum absolute atomic E-state index is 0.180. The van der Waals surface area contributed by atoms with Crippen LogP contribution in [0.3, 0.4) is 0 Å². The van der Waals surface area contributed by atoms with Crippen molar-refractivity contribution in [1.82, 2.24) is 4.98 Å². The predicted octanol–water partition coefficient (Wildman–Crippen LogP) is 1.14. The SMILES string of the molecule is COc1cc(Cl)cc2c(=O)oc(=O)[nH]c12. The van der Waals surface area contributed by atoms with Crippen molar-refractivity contribution in [2.24, 2.45) is 0 Å². The van der Waals surface area contributed by atoms with E-state index in [2.05, 4.69) is 9.40 Å². The molecular formula is C9H6ClNO4. The van der Waals surface area contributed by atoms with Gasteiger partial charge in [-0.2, -0.15) is 0 Å². The summed E-state index contributed by atoms with van der Waals surface area (Å²) in [5.74, 6) is -0.504. The summed E-state index contributed by atoms with van der Waals surface area (Å²) >= 11 is 5.76. The fourth-order valence-corrected chi connectivity index (χ4v) is 1.51. The summed E-state index contributed by atoms with van der Waals surface area (Å²) < 4.78 is 9.35. The molecule has 15 heavy (non-hydrogen) atoms. The average molecular weight is 228 g/mol. The van der Waals surface area contributed by atoms with Crippen LogP contribution in [0.15, 0.2) is 26.1 Å². The van der Waals surface area contributed by atoms with E-state index in [1.54, 1.807) is 0 Å². The number of aromatic nitrogens is 1. The average Bonchev–Trinajstić information content (AvgIpc) is 2.18. The van der Waals surface area contributed by atoms with Crippen molar-refractivity contribution in [1.29, 1.82) is 0 Å². The van der Waals surface area contributed by atoms with Crippen LogP contribution in [0.5, 0.6) is 5.75 Å². The molecule has 0 atom stereocenters. The molecule has 0 saturated heterocycles. The third-order valence-electron chi connectivity index (χ3n) is 1.92. The number of rotatable bonds is 1. The lowest BCUT2D eigenvalue weighted by Crippen LogP contribution is -2.14. The molecule has 1 N–H and O–H groups in total. The highest BCUT2D eigenvalue weighted by Crippen LogP contribution is 2.25. The number of methoxy groups -OCH3 is 1. The van der Waals surface area contributed by atoms with Crippen LogP contribution in [0.25, 0.3) is 10.9 Å². The molecule has 1 aromatic carbocycles. The Bertz CT molecular complexity index is 628. The van der Waals surface area contributed by atoms with Gasteiger partial charge in [0.1, 0.15) is 11.3 Å². The second-order valence-corrected chi connectivity index (χ2v) is 3.27. The van der Waals surface area contributed by atoms with E-state index in [4.69, 9.17) is 16.3 Å². The number of hydrogen-bond acceptors (Lipinski definition) is 4. The van der Waals surface area contributed by atoms with Crippen molar-refractivity contribution in [2.75, 3.05) is 7.11 Å². The van der Waals surface area contributed by atoms with E-state index in [1.807, 2.05) is 0 Å². The molecular weight excluding hydrogens is 222 g/mol. The first-order valence-corrected chi connectivity index (χ1v) is 4.40. The number of ether oxygens (including phenoxy) is 1. The number of halogens is 1. The Hall–Kier alpha value is -1.75. The van der Waals surface area contributed by atoms with E-state index in [-0.39, 0.29) is 10.9 Å². The van der Waals surface area contributed by atoms with Gasteiger partial charge in [0.05, 0.1) is 12.5 Å². The predicted molar refractivity (Wildman–Crippen MR) is 54.7 cm³/mol. The maximum atomic E-state index is 11.3. The van der Waals surface area contributed by atoms with Crippen LogP contribution in [-0.4, -0.2) is 12.1 Å². The lowest BCUT2D eigenvalue weighted by Gasteiger charge is -2.03. The molecule has 1 aromatic heterocycles. The van der Waals surface area contributed by atoms with Crippen LogP contribution in [0, 0.1) is 0 Å². The molecule has 5 nitrogen and oxygen atoms in total. The Labute approximate surface area is 88.2 Å². The largest absolute Gasteiger partial charge is 0.494 e. The molecule has 1 heterocycles. The van der Waals surface area contributed by atoms with Crippen molar-refractivity contribution in [3.63, 3.8) is 0 Å². The maximum Gasteiger partial charge on any atom is 0.419 e. The summed E-state index contributed by atoms with van der Waals surface area (Å²) in [4.78, 5) is 24.6. The molecule has 0 saturated carbocycles. The standard InChI is InChI=1S/C9H6ClNO4/c1-14-6-3-4(10)2-5-7(6)11-9(13)15-8(5)12/h2-3H,1H3,(H,11,13). The highest BCUT2D eigenvalue weighted by molar-refractivity contribution is 6.31. The molecule has 0 fully saturated rings. The number of fused-ring (bicyclic) bond motifs is 1. The van der Waals surface area contributed by atoms with E-state index in [0.717, 1.165) is 0 Å². The second kappa shape index (κ2) is 3.43. The molecule has 0 radical (unpaired) electrons. The number of aromatic amines is 1.